The van der Waals surface area contributed by atoms with Gasteiger partial charge in [-0.3, -0.25) is 0 Å². The predicted octanol–water partition coefficient (Wildman–Crippen LogP) is 1.63. The van der Waals surface area contributed by atoms with E-state index in [4.69, 9.17) is 4.74 Å². The largest absolute Gasteiger partial charge is 0.385 e. The molecule has 1 aliphatic rings. The van der Waals surface area contributed by atoms with Crippen molar-refractivity contribution >= 4 is 0 Å². The highest BCUT2D eigenvalue weighted by atomic mass is 16.5. The Morgan fingerprint density at radius 2 is 2.28 bits per heavy atom. The van der Waals surface area contributed by atoms with E-state index < -0.39 is 0 Å². The molecule has 0 aromatic heterocycles. The summed E-state index contributed by atoms with van der Waals surface area (Å²) in [6.45, 7) is 2.96. The molecule has 4 heteroatoms. The van der Waals surface area contributed by atoms with Crippen LogP contribution >= 0.6 is 0 Å². The fraction of sp³-hybridized carbons (Fsp3) is 0.929. The average Bonchev–Trinajstić information content (AvgIpc) is 2.80. The normalized spacial score (nSPS) is 27.6. The van der Waals surface area contributed by atoms with E-state index in [2.05, 4.69) is 23.3 Å². The van der Waals surface area contributed by atoms with Crippen molar-refractivity contribution in [3.8, 4) is 6.07 Å². The second-order valence-corrected chi connectivity index (χ2v) is 5.36. The van der Waals surface area contributed by atoms with Gasteiger partial charge in [0.25, 0.3) is 0 Å². The molecule has 0 heterocycles. The number of hydrogen-bond acceptors (Lipinski definition) is 4. The first-order valence-corrected chi connectivity index (χ1v) is 6.96. The first-order valence-electron chi connectivity index (χ1n) is 6.96. The maximum Gasteiger partial charge on any atom is 0.109 e. The van der Waals surface area contributed by atoms with Crippen LogP contribution in [0.15, 0.2) is 0 Å². The Kier molecular flexibility index (Phi) is 6.62. The number of methoxy groups -OCH3 is 1. The Balaban J connectivity index is 2.32. The molecule has 0 radical (unpaired) electrons. The van der Waals surface area contributed by atoms with Crippen molar-refractivity contribution < 1.29 is 4.74 Å². The molecular formula is C14H27N3O. The molecule has 0 aliphatic heterocycles. The standard InChI is InChI=1S/C14H27N3O/c1-16-14(12-15)8-4-6-13(14)7-10-17(2)9-5-11-18-3/h13,16H,4-11H2,1-3H3. The SMILES string of the molecule is CNC1(C#N)CCCC1CCN(C)CCCOC. The van der Waals surface area contributed by atoms with Gasteiger partial charge in [0.2, 0.25) is 0 Å². The van der Waals surface area contributed by atoms with Crippen LogP contribution in [-0.2, 0) is 4.74 Å². The zero-order valence-electron chi connectivity index (χ0n) is 12.0. The summed E-state index contributed by atoms with van der Waals surface area (Å²) < 4.78 is 5.06. The number of ether oxygens (including phenoxy) is 1. The summed E-state index contributed by atoms with van der Waals surface area (Å²) in [5.41, 5.74) is -0.270. The van der Waals surface area contributed by atoms with Gasteiger partial charge in [-0.25, -0.2) is 0 Å². The molecule has 1 aliphatic carbocycles. The Morgan fingerprint density at radius 1 is 1.50 bits per heavy atom. The van der Waals surface area contributed by atoms with Crippen molar-refractivity contribution in [1.29, 1.82) is 5.26 Å². The van der Waals surface area contributed by atoms with Crippen molar-refractivity contribution in [2.75, 3.05) is 40.9 Å². The van der Waals surface area contributed by atoms with Crippen molar-refractivity contribution in [2.45, 2.75) is 37.6 Å². The van der Waals surface area contributed by atoms with Gasteiger partial charge in [0.05, 0.1) is 6.07 Å². The van der Waals surface area contributed by atoms with Crippen molar-refractivity contribution in [1.82, 2.24) is 10.2 Å². The van der Waals surface area contributed by atoms with Gasteiger partial charge in [0, 0.05) is 20.3 Å². The summed E-state index contributed by atoms with van der Waals surface area (Å²) in [4.78, 5) is 2.34. The maximum absolute atomic E-state index is 9.38. The smallest absolute Gasteiger partial charge is 0.109 e. The molecular weight excluding hydrogens is 226 g/mol. The van der Waals surface area contributed by atoms with Gasteiger partial charge < -0.3 is 15.0 Å². The molecule has 0 aromatic rings. The summed E-state index contributed by atoms with van der Waals surface area (Å²) in [6, 6.07) is 2.50. The summed E-state index contributed by atoms with van der Waals surface area (Å²) in [5.74, 6) is 0.498. The predicted molar refractivity (Wildman–Crippen MR) is 73.4 cm³/mol. The minimum absolute atomic E-state index is 0.270. The van der Waals surface area contributed by atoms with E-state index in [-0.39, 0.29) is 5.54 Å². The van der Waals surface area contributed by atoms with Crippen LogP contribution < -0.4 is 5.32 Å². The van der Waals surface area contributed by atoms with Crippen LogP contribution in [0.25, 0.3) is 0 Å². The first-order chi connectivity index (χ1) is 8.68. The molecule has 18 heavy (non-hydrogen) atoms. The van der Waals surface area contributed by atoms with Crippen molar-refractivity contribution in [3.05, 3.63) is 0 Å². The van der Waals surface area contributed by atoms with Gasteiger partial charge in [0.1, 0.15) is 5.54 Å². The zero-order chi connectivity index (χ0) is 13.4. The average molecular weight is 253 g/mol. The quantitative estimate of drug-likeness (QED) is 0.668. The number of nitrogens with one attached hydrogen (secondary N) is 1. The van der Waals surface area contributed by atoms with Gasteiger partial charge in [-0.1, -0.05) is 6.42 Å². The molecule has 0 spiro atoms. The highest BCUT2D eigenvalue weighted by Gasteiger charge is 2.41. The second-order valence-electron chi connectivity index (χ2n) is 5.36. The van der Waals surface area contributed by atoms with E-state index in [9.17, 15) is 5.26 Å². The van der Waals surface area contributed by atoms with Crippen molar-refractivity contribution in [2.24, 2.45) is 5.92 Å². The van der Waals surface area contributed by atoms with Crippen LogP contribution in [0.1, 0.15) is 32.1 Å². The van der Waals surface area contributed by atoms with Gasteiger partial charge in [-0.15, -0.1) is 0 Å². The molecule has 0 saturated heterocycles. The van der Waals surface area contributed by atoms with E-state index in [1.807, 2.05) is 7.05 Å². The molecule has 2 unspecified atom stereocenters. The molecule has 0 amide bonds. The lowest BCUT2D eigenvalue weighted by Crippen LogP contribution is -2.45. The van der Waals surface area contributed by atoms with E-state index in [1.165, 1.54) is 12.8 Å². The molecule has 4 nitrogen and oxygen atoms in total. The lowest BCUT2D eigenvalue weighted by atomic mass is 9.86. The van der Waals surface area contributed by atoms with Crippen LogP contribution in [0, 0.1) is 17.2 Å². The Bertz CT molecular complexity index is 277. The van der Waals surface area contributed by atoms with Gasteiger partial charge in [0.15, 0.2) is 0 Å². The fourth-order valence-corrected chi connectivity index (χ4v) is 2.97. The minimum Gasteiger partial charge on any atom is -0.385 e. The Morgan fingerprint density at radius 3 is 2.89 bits per heavy atom. The van der Waals surface area contributed by atoms with E-state index in [1.54, 1.807) is 7.11 Å². The van der Waals surface area contributed by atoms with Crippen LogP contribution in [0.4, 0.5) is 0 Å². The Labute approximate surface area is 111 Å². The number of nitriles is 1. The maximum atomic E-state index is 9.38. The summed E-state index contributed by atoms with van der Waals surface area (Å²) in [5, 5.41) is 12.6. The van der Waals surface area contributed by atoms with Gasteiger partial charge in [-0.05, 0) is 52.2 Å². The van der Waals surface area contributed by atoms with Gasteiger partial charge in [-0.2, -0.15) is 5.26 Å². The first kappa shape index (κ1) is 15.4. The van der Waals surface area contributed by atoms with Crippen molar-refractivity contribution in [3.63, 3.8) is 0 Å². The van der Waals surface area contributed by atoms with Crippen LogP contribution in [0.2, 0.25) is 0 Å². The lowest BCUT2D eigenvalue weighted by molar-refractivity contribution is 0.175. The summed E-state index contributed by atoms with van der Waals surface area (Å²) >= 11 is 0. The molecule has 2 atom stereocenters. The minimum atomic E-state index is -0.270. The number of nitrogens with zero attached hydrogens (tertiary/aromatic N) is 2. The Hall–Kier alpha value is -0.630. The third-order valence-electron chi connectivity index (χ3n) is 4.21. The third-order valence-corrected chi connectivity index (χ3v) is 4.21. The lowest BCUT2D eigenvalue weighted by Gasteiger charge is -2.29. The molecule has 0 aromatic carbocycles. The highest BCUT2D eigenvalue weighted by Crippen LogP contribution is 2.37. The third kappa shape index (κ3) is 3.94. The topological polar surface area (TPSA) is 48.3 Å². The molecule has 1 rings (SSSR count). The zero-order valence-corrected chi connectivity index (χ0v) is 12.0. The molecule has 1 saturated carbocycles. The molecule has 1 N–H and O–H groups in total. The molecule has 0 bridgehead atoms. The van der Waals surface area contributed by atoms with E-state index in [0.717, 1.165) is 39.0 Å². The monoisotopic (exact) mass is 253 g/mol. The van der Waals surface area contributed by atoms with E-state index in [0.29, 0.717) is 5.92 Å². The fourth-order valence-electron chi connectivity index (χ4n) is 2.97. The molecule has 1 fully saturated rings. The highest BCUT2D eigenvalue weighted by molar-refractivity contribution is 5.13. The van der Waals surface area contributed by atoms with Crippen LogP contribution in [0.3, 0.4) is 0 Å². The number of rotatable bonds is 8. The van der Waals surface area contributed by atoms with Crippen LogP contribution in [0.5, 0.6) is 0 Å². The number of hydrogen-bond donors (Lipinski definition) is 1. The van der Waals surface area contributed by atoms with Crippen LogP contribution in [-0.4, -0.2) is 51.3 Å². The summed E-state index contributed by atoms with van der Waals surface area (Å²) in [6.07, 6.45) is 5.54. The summed E-state index contributed by atoms with van der Waals surface area (Å²) in [7, 11) is 5.81. The second kappa shape index (κ2) is 7.73. The van der Waals surface area contributed by atoms with Gasteiger partial charge >= 0.3 is 0 Å². The molecule has 104 valence electrons. The van der Waals surface area contributed by atoms with E-state index >= 15 is 0 Å².